The summed E-state index contributed by atoms with van der Waals surface area (Å²) in [7, 11) is 0. The number of benzene rings is 2. The second-order valence-electron chi connectivity index (χ2n) is 4.55. The zero-order chi connectivity index (χ0) is 14.7. The molecule has 1 N–H and O–H groups in total. The van der Waals surface area contributed by atoms with E-state index in [2.05, 4.69) is 0 Å². The lowest BCUT2D eigenvalue weighted by atomic mass is 10.1. The molecule has 0 saturated carbocycles. The molecule has 0 radical (unpaired) electrons. The van der Waals surface area contributed by atoms with Crippen LogP contribution in [0.1, 0.15) is 24.2 Å². The molecule has 0 spiro atoms. The molecule has 2 aromatic carbocycles. The van der Waals surface area contributed by atoms with E-state index in [0.29, 0.717) is 11.5 Å². The molecule has 0 heterocycles. The molecule has 5 nitrogen and oxygen atoms in total. The maximum absolute atomic E-state index is 10.8. The Bertz CT molecular complexity index is 620. The quantitative estimate of drug-likeness (QED) is 0.680. The highest BCUT2D eigenvalue weighted by Gasteiger charge is 2.10. The fourth-order valence-electron chi connectivity index (χ4n) is 1.75. The van der Waals surface area contributed by atoms with Gasteiger partial charge in [0.2, 0.25) is 0 Å². The summed E-state index contributed by atoms with van der Waals surface area (Å²) >= 11 is 0. The molecule has 0 fully saturated rings. The molecule has 104 valence electrons. The van der Waals surface area contributed by atoms with E-state index in [9.17, 15) is 15.2 Å². The summed E-state index contributed by atoms with van der Waals surface area (Å²) < 4.78 is 5.65. The molecule has 5 heteroatoms. The van der Waals surface area contributed by atoms with Crippen LogP contribution in [0.25, 0.3) is 0 Å². The fraction of sp³-hybridized carbons (Fsp3) is 0.200. The first-order valence-corrected chi connectivity index (χ1v) is 6.18. The summed E-state index contributed by atoms with van der Waals surface area (Å²) in [6.07, 6.45) is -0.538. The van der Waals surface area contributed by atoms with Gasteiger partial charge < -0.3 is 9.84 Å². The lowest BCUT2D eigenvalue weighted by molar-refractivity contribution is -0.384. The highest BCUT2D eigenvalue weighted by molar-refractivity contribution is 5.46. The first-order valence-electron chi connectivity index (χ1n) is 6.18. The smallest absolute Gasteiger partial charge is 0.273 e. The minimum Gasteiger partial charge on any atom is -0.457 e. The lowest BCUT2D eigenvalue weighted by Crippen LogP contribution is -1.93. The van der Waals surface area contributed by atoms with Crippen LogP contribution in [0, 0.1) is 17.0 Å². The minimum atomic E-state index is -0.538. The molecule has 0 aliphatic carbocycles. The van der Waals surface area contributed by atoms with Crippen LogP contribution in [0.3, 0.4) is 0 Å². The van der Waals surface area contributed by atoms with Crippen LogP contribution in [0.5, 0.6) is 11.5 Å². The third-order valence-electron chi connectivity index (χ3n) is 2.97. The van der Waals surface area contributed by atoms with E-state index in [4.69, 9.17) is 4.74 Å². The molecular formula is C15H15NO4. The van der Waals surface area contributed by atoms with Gasteiger partial charge in [-0.1, -0.05) is 12.1 Å². The van der Waals surface area contributed by atoms with Gasteiger partial charge in [-0.05, 0) is 43.2 Å². The van der Waals surface area contributed by atoms with Crippen molar-refractivity contribution in [2.24, 2.45) is 0 Å². The van der Waals surface area contributed by atoms with Crippen LogP contribution in [0.15, 0.2) is 42.5 Å². The van der Waals surface area contributed by atoms with Gasteiger partial charge in [-0.2, -0.15) is 0 Å². The normalized spacial score (nSPS) is 11.9. The average molecular weight is 273 g/mol. The number of ether oxygens (including phenoxy) is 1. The molecule has 2 rings (SSSR count). The molecule has 0 saturated heterocycles. The van der Waals surface area contributed by atoms with Crippen molar-refractivity contribution < 1.29 is 14.8 Å². The Morgan fingerprint density at radius 3 is 2.40 bits per heavy atom. The van der Waals surface area contributed by atoms with E-state index in [-0.39, 0.29) is 5.69 Å². The Hall–Kier alpha value is -2.40. The second kappa shape index (κ2) is 5.71. The molecule has 1 atom stereocenters. The van der Waals surface area contributed by atoms with Crippen LogP contribution < -0.4 is 4.74 Å². The van der Waals surface area contributed by atoms with E-state index in [1.54, 1.807) is 37.3 Å². The standard InChI is InChI=1S/C15H15NO4/c1-10-3-6-13(16(18)19)9-15(10)20-14-7-4-12(5-8-14)11(2)17/h3-9,11,17H,1-2H3. The summed E-state index contributed by atoms with van der Waals surface area (Å²) in [5.74, 6) is 1.02. The van der Waals surface area contributed by atoms with Gasteiger partial charge >= 0.3 is 0 Å². The van der Waals surface area contributed by atoms with Crippen molar-refractivity contribution in [1.29, 1.82) is 0 Å². The highest BCUT2D eigenvalue weighted by Crippen LogP contribution is 2.29. The van der Waals surface area contributed by atoms with Crippen molar-refractivity contribution in [3.8, 4) is 11.5 Å². The first-order chi connectivity index (χ1) is 9.47. The maximum atomic E-state index is 10.8. The number of rotatable bonds is 4. The van der Waals surface area contributed by atoms with Crippen molar-refractivity contribution in [3.63, 3.8) is 0 Å². The number of aliphatic hydroxyl groups excluding tert-OH is 1. The number of nitro benzene ring substituents is 1. The predicted octanol–water partition coefficient (Wildman–Crippen LogP) is 3.75. The summed E-state index contributed by atoms with van der Waals surface area (Å²) in [5, 5.41) is 20.2. The number of aliphatic hydroxyl groups is 1. The van der Waals surface area contributed by atoms with Gasteiger partial charge in [0.1, 0.15) is 11.5 Å². The van der Waals surface area contributed by atoms with Crippen LogP contribution >= 0.6 is 0 Å². The molecule has 0 aliphatic heterocycles. The van der Waals surface area contributed by atoms with Gasteiger partial charge in [0.15, 0.2) is 0 Å². The summed E-state index contributed by atoms with van der Waals surface area (Å²) in [6, 6.07) is 11.5. The Kier molecular flexibility index (Phi) is 4.00. The zero-order valence-corrected chi connectivity index (χ0v) is 11.2. The second-order valence-corrected chi connectivity index (χ2v) is 4.55. The number of hydrogen-bond acceptors (Lipinski definition) is 4. The van der Waals surface area contributed by atoms with Gasteiger partial charge in [0, 0.05) is 6.07 Å². The Balaban J connectivity index is 2.25. The van der Waals surface area contributed by atoms with Crippen molar-refractivity contribution in [2.45, 2.75) is 20.0 Å². The Labute approximate surface area is 116 Å². The molecule has 20 heavy (non-hydrogen) atoms. The van der Waals surface area contributed by atoms with Gasteiger partial charge in [-0.25, -0.2) is 0 Å². The third-order valence-corrected chi connectivity index (χ3v) is 2.97. The SMILES string of the molecule is Cc1ccc([N+](=O)[O-])cc1Oc1ccc(C(C)O)cc1. The number of aryl methyl sites for hydroxylation is 1. The number of non-ortho nitro benzene ring substituents is 1. The molecule has 0 amide bonds. The first kappa shape index (κ1) is 14.0. The van der Waals surface area contributed by atoms with Gasteiger partial charge in [0.25, 0.3) is 5.69 Å². The van der Waals surface area contributed by atoms with Gasteiger partial charge in [0.05, 0.1) is 17.1 Å². The van der Waals surface area contributed by atoms with Crippen molar-refractivity contribution in [2.75, 3.05) is 0 Å². The van der Waals surface area contributed by atoms with E-state index < -0.39 is 11.0 Å². The van der Waals surface area contributed by atoms with Gasteiger partial charge in [-0.15, -0.1) is 0 Å². The van der Waals surface area contributed by atoms with Gasteiger partial charge in [-0.3, -0.25) is 10.1 Å². The molecule has 0 aliphatic rings. The summed E-state index contributed by atoms with van der Waals surface area (Å²) in [5.41, 5.74) is 1.59. The number of nitrogens with zero attached hydrogens (tertiary/aromatic N) is 1. The van der Waals surface area contributed by atoms with Crippen molar-refractivity contribution in [1.82, 2.24) is 0 Å². The monoisotopic (exact) mass is 273 g/mol. The molecule has 2 aromatic rings. The average Bonchev–Trinajstić information content (AvgIpc) is 2.41. The topological polar surface area (TPSA) is 72.6 Å². The Morgan fingerprint density at radius 1 is 1.20 bits per heavy atom. The fourth-order valence-corrected chi connectivity index (χ4v) is 1.75. The third kappa shape index (κ3) is 3.13. The lowest BCUT2D eigenvalue weighted by Gasteiger charge is -2.10. The van der Waals surface area contributed by atoms with Crippen molar-refractivity contribution in [3.05, 3.63) is 63.7 Å². The minimum absolute atomic E-state index is 0.00815. The van der Waals surface area contributed by atoms with Crippen LogP contribution in [-0.2, 0) is 0 Å². The van der Waals surface area contributed by atoms with Crippen LogP contribution in [-0.4, -0.2) is 10.0 Å². The molecular weight excluding hydrogens is 258 g/mol. The van der Waals surface area contributed by atoms with Crippen LogP contribution in [0.4, 0.5) is 5.69 Å². The molecule has 0 bridgehead atoms. The largest absolute Gasteiger partial charge is 0.457 e. The molecule has 0 aromatic heterocycles. The maximum Gasteiger partial charge on any atom is 0.273 e. The van der Waals surface area contributed by atoms with E-state index in [1.165, 1.54) is 12.1 Å². The van der Waals surface area contributed by atoms with E-state index >= 15 is 0 Å². The molecule has 1 unspecified atom stereocenters. The van der Waals surface area contributed by atoms with Crippen molar-refractivity contribution >= 4 is 5.69 Å². The predicted molar refractivity (Wildman–Crippen MR) is 75.0 cm³/mol. The number of hydrogen-bond donors (Lipinski definition) is 1. The van der Waals surface area contributed by atoms with E-state index in [0.717, 1.165) is 11.1 Å². The van der Waals surface area contributed by atoms with Crippen LogP contribution in [0.2, 0.25) is 0 Å². The number of nitro groups is 1. The summed E-state index contributed by atoms with van der Waals surface area (Å²) in [4.78, 5) is 10.3. The zero-order valence-electron chi connectivity index (χ0n) is 11.2. The highest BCUT2D eigenvalue weighted by atomic mass is 16.6. The summed E-state index contributed by atoms with van der Waals surface area (Å²) in [6.45, 7) is 3.50. The Morgan fingerprint density at radius 2 is 1.85 bits per heavy atom. The van der Waals surface area contributed by atoms with E-state index in [1.807, 2.05) is 6.92 Å².